The molecule has 0 saturated carbocycles. The summed E-state index contributed by atoms with van der Waals surface area (Å²) in [5.74, 6) is -0.0842. The smallest absolute Gasteiger partial charge is 0.272 e. The van der Waals surface area contributed by atoms with Crippen LogP contribution in [0.5, 0.6) is 0 Å². The molecule has 1 atom stereocenters. The zero-order chi connectivity index (χ0) is 13.8. The largest absolute Gasteiger partial charge is 0.353 e. The van der Waals surface area contributed by atoms with Gasteiger partial charge in [-0.05, 0) is 19.4 Å². The van der Waals surface area contributed by atoms with Gasteiger partial charge in [0.1, 0.15) is 0 Å². The quantitative estimate of drug-likeness (QED) is 0.871. The topological polar surface area (TPSA) is 74.8 Å². The molecule has 2 N–H and O–H groups in total. The van der Waals surface area contributed by atoms with E-state index in [0.29, 0.717) is 11.1 Å². The summed E-state index contributed by atoms with van der Waals surface area (Å²) >= 11 is 0. The van der Waals surface area contributed by atoms with E-state index in [-0.39, 0.29) is 23.9 Å². The fraction of sp³-hybridized carbons (Fsp3) is 0.357. The molecule has 0 fully saturated rings. The molecule has 0 aliphatic heterocycles. The van der Waals surface area contributed by atoms with Crippen LogP contribution in [0.4, 0.5) is 0 Å². The van der Waals surface area contributed by atoms with Crippen LogP contribution < -0.4 is 10.9 Å². The number of nitrogens with zero attached hydrogens (tertiary/aromatic N) is 1. The molecule has 0 aliphatic rings. The van der Waals surface area contributed by atoms with Crippen molar-refractivity contribution in [3.05, 3.63) is 40.3 Å². The third-order valence-electron chi connectivity index (χ3n) is 3.12. The number of carbonyl (C=O) groups excluding carboxylic acids is 1. The van der Waals surface area contributed by atoms with Gasteiger partial charge in [0.15, 0.2) is 0 Å². The Morgan fingerprint density at radius 1 is 1.37 bits per heavy atom. The van der Waals surface area contributed by atoms with Crippen LogP contribution in [0.2, 0.25) is 0 Å². The summed E-state index contributed by atoms with van der Waals surface area (Å²) in [7, 11) is 0. The molecule has 5 heteroatoms. The molecule has 1 unspecified atom stereocenters. The van der Waals surface area contributed by atoms with Crippen molar-refractivity contribution >= 4 is 16.7 Å². The summed E-state index contributed by atoms with van der Waals surface area (Å²) < 4.78 is 0. The zero-order valence-corrected chi connectivity index (χ0v) is 11.1. The number of aromatic nitrogens is 2. The van der Waals surface area contributed by atoms with Crippen LogP contribution in [0.15, 0.2) is 29.1 Å². The summed E-state index contributed by atoms with van der Waals surface area (Å²) in [6.07, 6.45) is 1.05. The molecular weight excluding hydrogens is 242 g/mol. The van der Waals surface area contributed by atoms with E-state index < -0.39 is 0 Å². The van der Waals surface area contributed by atoms with Gasteiger partial charge in [0.05, 0.1) is 17.5 Å². The lowest BCUT2D eigenvalue weighted by Gasteiger charge is -2.11. The fourth-order valence-corrected chi connectivity index (χ4v) is 1.89. The number of hydrogen-bond acceptors (Lipinski definition) is 3. The Morgan fingerprint density at radius 3 is 2.74 bits per heavy atom. The molecule has 2 aromatic rings. The molecular formula is C14H17N3O2. The van der Waals surface area contributed by atoms with Crippen LogP contribution in [-0.4, -0.2) is 22.1 Å². The molecule has 1 aromatic carbocycles. The molecule has 1 aromatic heterocycles. The van der Waals surface area contributed by atoms with Gasteiger partial charge in [-0.3, -0.25) is 9.59 Å². The highest BCUT2D eigenvalue weighted by atomic mass is 16.1. The van der Waals surface area contributed by atoms with Crippen molar-refractivity contribution in [2.45, 2.75) is 32.7 Å². The molecule has 0 spiro atoms. The number of benzene rings is 1. The Bertz CT molecular complexity index is 648. The predicted octanol–water partition coefficient (Wildman–Crippen LogP) is 1.38. The first kappa shape index (κ1) is 13.3. The second-order valence-electron chi connectivity index (χ2n) is 4.60. The van der Waals surface area contributed by atoms with Crippen molar-refractivity contribution < 1.29 is 4.79 Å². The average molecular weight is 259 g/mol. The van der Waals surface area contributed by atoms with Crippen molar-refractivity contribution in [2.24, 2.45) is 0 Å². The molecule has 0 saturated heterocycles. The third kappa shape index (κ3) is 2.99. The van der Waals surface area contributed by atoms with E-state index in [1.165, 1.54) is 0 Å². The van der Waals surface area contributed by atoms with Crippen molar-refractivity contribution in [3.8, 4) is 0 Å². The number of rotatable bonds is 4. The maximum absolute atomic E-state index is 11.9. The van der Waals surface area contributed by atoms with Crippen LogP contribution in [0, 0.1) is 0 Å². The second kappa shape index (κ2) is 5.65. The monoisotopic (exact) mass is 259 g/mol. The molecule has 5 nitrogen and oxygen atoms in total. The highest BCUT2D eigenvalue weighted by Gasteiger charge is 2.11. The van der Waals surface area contributed by atoms with Gasteiger partial charge in [0, 0.05) is 11.4 Å². The lowest BCUT2D eigenvalue weighted by atomic mass is 10.1. The van der Waals surface area contributed by atoms with Crippen LogP contribution in [0.1, 0.15) is 26.0 Å². The van der Waals surface area contributed by atoms with E-state index in [1.807, 2.05) is 26.0 Å². The summed E-state index contributed by atoms with van der Waals surface area (Å²) in [6, 6.07) is 7.30. The summed E-state index contributed by atoms with van der Waals surface area (Å²) in [4.78, 5) is 23.5. The lowest BCUT2D eigenvalue weighted by Crippen LogP contribution is -2.33. The minimum absolute atomic E-state index is 0.0842. The summed E-state index contributed by atoms with van der Waals surface area (Å²) in [5, 5.41) is 10.6. The maximum Gasteiger partial charge on any atom is 0.272 e. The van der Waals surface area contributed by atoms with E-state index in [4.69, 9.17) is 0 Å². The van der Waals surface area contributed by atoms with Crippen molar-refractivity contribution in [1.82, 2.24) is 15.5 Å². The molecule has 2 rings (SSSR count). The molecule has 100 valence electrons. The molecule has 1 heterocycles. The number of amides is 1. The Balaban J connectivity index is 2.29. The van der Waals surface area contributed by atoms with E-state index in [2.05, 4.69) is 15.5 Å². The molecule has 19 heavy (non-hydrogen) atoms. The van der Waals surface area contributed by atoms with Gasteiger partial charge in [-0.1, -0.05) is 25.1 Å². The molecule has 0 aliphatic carbocycles. The van der Waals surface area contributed by atoms with E-state index in [9.17, 15) is 9.59 Å². The number of carbonyl (C=O) groups is 1. The lowest BCUT2D eigenvalue weighted by molar-refractivity contribution is -0.121. The van der Waals surface area contributed by atoms with Crippen LogP contribution in [0.25, 0.3) is 10.8 Å². The minimum atomic E-state index is -0.235. The highest BCUT2D eigenvalue weighted by molar-refractivity contribution is 5.88. The number of aromatic amines is 1. The minimum Gasteiger partial charge on any atom is -0.353 e. The van der Waals surface area contributed by atoms with E-state index >= 15 is 0 Å². The van der Waals surface area contributed by atoms with Crippen molar-refractivity contribution in [2.75, 3.05) is 0 Å². The van der Waals surface area contributed by atoms with Crippen molar-refractivity contribution in [1.29, 1.82) is 0 Å². The summed E-state index contributed by atoms with van der Waals surface area (Å²) in [6.45, 7) is 3.97. The number of nitrogens with one attached hydrogen (secondary N) is 2. The first-order valence-corrected chi connectivity index (χ1v) is 6.37. The van der Waals surface area contributed by atoms with Gasteiger partial charge in [-0.15, -0.1) is 0 Å². The van der Waals surface area contributed by atoms with Gasteiger partial charge in [-0.2, -0.15) is 5.10 Å². The van der Waals surface area contributed by atoms with Crippen LogP contribution in [0.3, 0.4) is 0 Å². The first-order valence-electron chi connectivity index (χ1n) is 6.37. The SMILES string of the molecule is CCC(C)NC(=O)Cc1n[nH]c(=O)c2ccccc12. The van der Waals surface area contributed by atoms with Crippen LogP contribution in [-0.2, 0) is 11.2 Å². The maximum atomic E-state index is 11.9. The highest BCUT2D eigenvalue weighted by Crippen LogP contribution is 2.12. The predicted molar refractivity (Wildman–Crippen MR) is 74.0 cm³/mol. The molecule has 0 bridgehead atoms. The first-order chi connectivity index (χ1) is 9.11. The molecule has 0 radical (unpaired) electrons. The zero-order valence-electron chi connectivity index (χ0n) is 11.1. The van der Waals surface area contributed by atoms with Gasteiger partial charge in [0.25, 0.3) is 5.56 Å². The Kier molecular flexibility index (Phi) is 3.94. The van der Waals surface area contributed by atoms with Gasteiger partial charge in [-0.25, -0.2) is 5.10 Å². The van der Waals surface area contributed by atoms with Crippen LogP contribution >= 0.6 is 0 Å². The Labute approximate surface area is 111 Å². The number of hydrogen-bond donors (Lipinski definition) is 2. The Hall–Kier alpha value is -2.17. The fourth-order valence-electron chi connectivity index (χ4n) is 1.89. The van der Waals surface area contributed by atoms with E-state index in [0.717, 1.165) is 11.8 Å². The van der Waals surface area contributed by atoms with Gasteiger partial charge < -0.3 is 5.32 Å². The third-order valence-corrected chi connectivity index (χ3v) is 3.12. The standard InChI is InChI=1S/C14H17N3O2/c1-3-9(2)15-13(18)8-12-10-6-4-5-7-11(10)14(19)17-16-12/h4-7,9H,3,8H2,1-2H3,(H,15,18)(H,17,19). The van der Waals surface area contributed by atoms with E-state index in [1.54, 1.807) is 12.1 Å². The summed E-state index contributed by atoms with van der Waals surface area (Å²) in [5.41, 5.74) is 0.359. The average Bonchev–Trinajstić information content (AvgIpc) is 2.42. The normalized spacial score (nSPS) is 12.3. The Morgan fingerprint density at radius 2 is 2.05 bits per heavy atom. The molecule has 1 amide bonds. The second-order valence-corrected chi connectivity index (χ2v) is 4.60. The van der Waals surface area contributed by atoms with Gasteiger partial charge >= 0.3 is 0 Å². The number of H-pyrrole nitrogens is 1. The number of fused-ring (bicyclic) bond motifs is 1. The van der Waals surface area contributed by atoms with Crippen molar-refractivity contribution in [3.63, 3.8) is 0 Å². The van der Waals surface area contributed by atoms with Gasteiger partial charge in [0.2, 0.25) is 5.91 Å².